The molecule has 1 N–H and O–H groups in total. The average Bonchev–Trinajstić information content (AvgIpc) is 2.94. The van der Waals surface area contributed by atoms with Gasteiger partial charge in [0.05, 0.1) is 5.52 Å². The molecule has 0 bridgehead atoms. The molecule has 3 heteroatoms. The normalized spacial score (nSPS) is 12.7. The third kappa shape index (κ3) is 2.45. The number of furan rings is 1. The third-order valence-electron chi connectivity index (χ3n) is 3.57. The Kier molecular flexibility index (Phi) is 3.52. The highest BCUT2D eigenvalue weighted by molar-refractivity contribution is 5.93. The zero-order chi connectivity index (χ0) is 13.9. The fourth-order valence-electron chi connectivity index (χ4n) is 2.35. The van der Waals surface area contributed by atoms with Gasteiger partial charge in [-0.25, -0.2) is 0 Å². The van der Waals surface area contributed by atoms with E-state index in [9.17, 15) is 0 Å². The van der Waals surface area contributed by atoms with Gasteiger partial charge in [0.25, 0.3) is 0 Å². The summed E-state index contributed by atoms with van der Waals surface area (Å²) in [5.74, 6) is 1.91. The molecule has 3 nitrogen and oxygen atoms in total. The predicted molar refractivity (Wildman–Crippen MR) is 81.7 cm³/mol. The number of rotatable bonds is 4. The molecule has 2 aromatic heterocycles. The van der Waals surface area contributed by atoms with Crippen molar-refractivity contribution in [1.29, 1.82) is 0 Å². The first-order valence-electron chi connectivity index (χ1n) is 6.88. The topological polar surface area (TPSA) is 38.1 Å². The van der Waals surface area contributed by atoms with Gasteiger partial charge in [0.1, 0.15) is 11.5 Å². The number of nitrogens with zero attached hydrogens (tertiary/aromatic N) is 1. The van der Waals surface area contributed by atoms with Gasteiger partial charge in [-0.15, -0.1) is 0 Å². The Hall–Kier alpha value is -2.13. The van der Waals surface area contributed by atoms with Gasteiger partial charge in [-0.3, -0.25) is 4.98 Å². The quantitative estimate of drug-likeness (QED) is 0.783. The van der Waals surface area contributed by atoms with Gasteiger partial charge in [0, 0.05) is 29.6 Å². The Labute approximate surface area is 118 Å². The van der Waals surface area contributed by atoms with Crippen molar-refractivity contribution in [2.24, 2.45) is 0 Å². The van der Waals surface area contributed by atoms with E-state index in [1.807, 2.05) is 37.5 Å². The van der Waals surface area contributed by atoms with E-state index < -0.39 is 0 Å². The molecule has 0 saturated heterocycles. The minimum absolute atomic E-state index is 0.406. The maximum Gasteiger partial charge on any atom is 0.134 e. The van der Waals surface area contributed by atoms with Crippen LogP contribution in [0.1, 0.15) is 12.7 Å². The van der Waals surface area contributed by atoms with E-state index in [1.165, 1.54) is 0 Å². The largest absolute Gasteiger partial charge is 0.461 e. The Morgan fingerprint density at radius 1 is 1.15 bits per heavy atom. The van der Waals surface area contributed by atoms with Crippen molar-refractivity contribution in [2.75, 3.05) is 7.05 Å². The highest BCUT2D eigenvalue weighted by Crippen LogP contribution is 2.29. The molecule has 1 atom stereocenters. The summed E-state index contributed by atoms with van der Waals surface area (Å²) in [5.41, 5.74) is 2.09. The molecule has 0 saturated carbocycles. The first-order chi connectivity index (χ1) is 9.78. The molecule has 0 aliphatic heterocycles. The molecule has 3 rings (SSSR count). The van der Waals surface area contributed by atoms with Crippen LogP contribution in [0.5, 0.6) is 0 Å². The minimum atomic E-state index is 0.406. The monoisotopic (exact) mass is 266 g/mol. The SMILES string of the molecule is CNC(C)Cc1ccc(-c2cccc3ncccc23)o1. The first-order valence-corrected chi connectivity index (χ1v) is 6.88. The minimum Gasteiger partial charge on any atom is -0.461 e. The van der Waals surface area contributed by atoms with Crippen LogP contribution in [-0.4, -0.2) is 18.1 Å². The van der Waals surface area contributed by atoms with Gasteiger partial charge in [0.15, 0.2) is 0 Å². The fraction of sp³-hybridized carbons (Fsp3) is 0.235. The van der Waals surface area contributed by atoms with Crippen molar-refractivity contribution in [3.63, 3.8) is 0 Å². The van der Waals surface area contributed by atoms with E-state index in [4.69, 9.17) is 4.42 Å². The molecule has 0 spiro atoms. The van der Waals surface area contributed by atoms with Crippen LogP contribution in [0.15, 0.2) is 53.1 Å². The summed E-state index contributed by atoms with van der Waals surface area (Å²) in [6.07, 6.45) is 2.70. The van der Waals surface area contributed by atoms with Gasteiger partial charge in [-0.05, 0) is 38.2 Å². The Morgan fingerprint density at radius 3 is 2.90 bits per heavy atom. The van der Waals surface area contributed by atoms with E-state index in [2.05, 4.69) is 35.4 Å². The van der Waals surface area contributed by atoms with Gasteiger partial charge in [0.2, 0.25) is 0 Å². The molecule has 0 aliphatic rings. The lowest BCUT2D eigenvalue weighted by atomic mass is 10.1. The van der Waals surface area contributed by atoms with Gasteiger partial charge in [-0.1, -0.05) is 18.2 Å². The highest BCUT2D eigenvalue weighted by Gasteiger charge is 2.10. The average molecular weight is 266 g/mol. The highest BCUT2D eigenvalue weighted by atomic mass is 16.3. The second kappa shape index (κ2) is 5.47. The molecule has 0 fully saturated rings. The van der Waals surface area contributed by atoms with Crippen LogP contribution in [0.3, 0.4) is 0 Å². The number of fused-ring (bicyclic) bond motifs is 1. The van der Waals surface area contributed by atoms with Crippen molar-refractivity contribution < 1.29 is 4.42 Å². The van der Waals surface area contributed by atoms with E-state index in [1.54, 1.807) is 0 Å². The maximum absolute atomic E-state index is 5.98. The van der Waals surface area contributed by atoms with Crippen LogP contribution in [0.25, 0.3) is 22.2 Å². The fourth-order valence-corrected chi connectivity index (χ4v) is 2.35. The van der Waals surface area contributed by atoms with Gasteiger partial charge in [-0.2, -0.15) is 0 Å². The van der Waals surface area contributed by atoms with Crippen molar-refractivity contribution in [1.82, 2.24) is 10.3 Å². The summed E-state index contributed by atoms with van der Waals surface area (Å²) in [4.78, 5) is 4.38. The lowest BCUT2D eigenvalue weighted by Crippen LogP contribution is -2.23. The second-order valence-electron chi connectivity index (χ2n) is 5.04. The number of nitrogens with one attached hydrogen (secondary N) is 1. The Morgan fingerprint density at radius 2 is 2.05 bits per heavy atom. The van der Waals surface area contributed by atoms with Gasteiger partial charge < -0.3 is 9.73 Å². The summed E-state index contributed by atoms with van der Waals surface area (Å²) in [5, 5.41) is 4.34. The summed E-state index contributed by atoms with van der Waals surface area (Å²) in [6.45, 7) is 2.14. The van der Waals surface area contributed by atoms with Crippen LogP contribution in [0.4, 0.5) is 0 Å². The zero-order valence-electron chi connectivity index (χ0n) is 11.8. The number of likely N-dealkylation sites (N-methyl/N-ethyl adjacent to an activating group) is 1. The molecule has 0 radical (unpaired) electrons. The van der Waals surface area contributed by atoms with Crippen LogP contribution in [0.2, 0.25) is 0 Å². The van der Waals surface area contributed by atoms with Crippen molar-refractivity contribution >= 4 is 10.9 Å². The van der Waals surface area contributed by atoms with Crippen LogP contribution < -0.4 is 5.32 Å². The molecule has 1 aromatic carbocycles. The van der Waals surface area contributed by atoms with Crippen molar-refractivity contribution in [3.8, 4) is 11.3 Å². The molecular formula is C17H18N2O. The lowest BCUT2D eigenvalue weighted by Gasteiger charge is -2.07. The van der Waals surface area contributed by atoms with E-state index in [0.29, 0.717) is 6.04 Å². The van der Waals surface area contributed by atoms with Crippen LogP contribution in [0, 0.1) is 0 Å². The lowest BCUT2D eigenvalue weighted by molar-refractivity contribution is 0.481. The van der Waals surface area contributed by atoms with Gasteiger partial charge >= 0.3 is 0 Å². The van der Waals surface area contributed by atoms with E-state index in [-0.39, 0.29) is 0 Å². The van der Waals surface area contributed by atoms with Crippen molar-refractivity contribution in [3.05, 3.63) is 54.4 Å². The van der Waals surface area contributed by atoms with Crippen LogP contribution in [-0.2, 0) is 6.42 Å². The molecule has 102 valence electrons. The third-order valence-corrected chi connectivity index (χ3v) is 3.57. The summed E-state index contributed by atoms with van der Waals surface area (Å²) < 4.78 is 5.98. The summed E-state index contributed by atoms with van der Waals surface area (Å²) in [6, 6.07) is 14.7. The summed E-state index contributed by atoms with van der Waals surface area (Å²) >= 11 is 0. The number of pyridine rings is 1. The van der Waals surface area contributed by atoms with Crippen molar-refractivity contribution in [2.45, 2.75) is 19.4 Å². The summed E-state index contributed by atoms with van der Waals surface area (Å²) in [7, 11) is 1.96. The molecule has 0 aliphatic carbocycles. The molecule has 3 aromatic rings. The number of hydrogen-bond donors (Lipinski definition) is 1. The Balaban J connectivity index is 1.99. The standard InChI is InChI=1S/C17H18N2O/c1-12(18-2)11-13-8-9-17(20-13)15-5-3-7-16-14(15)6-4-10-19-16/h3-10,12,18H,11H2,1-2H3. The first kappa shape index (κ1) is 12.9. The zero-order valence-corrected chi connectivity index (χ0v) is 11.8. The predicted octanol–water partition coefficient (Wildman–Crippen LogP) is 3.65. The second-order valence-corrected chi connectivity index (χ2v) is 5.04. The smallest absolute Gasteiger partial charge is 0.134 e. The molecule has 1 unspecified atom stereocenters. The number of benzene rings is 1. The maximum atomic E-state index is 5.98. The molecule has 0 amide bonds. The number of aromatic nitrogens is 1. The molecular weight excluding hydrogens is 248 g/mol. The van der Waals surface area contributed by atoms with E-state index in [0.717, 1.165) is 34.4 Å². The molecule has 2 heterocycles. The Bertz CT molecular complexity index is 712. The molecule has 20 heavy (non-hydrogen) atoms. The van der Waals surface area contributed by atoms with Crippen LogP contribution >= 0.6 is 0 Å². The number of hydrogen-bond acceptors (Lipinski definition) is 3. The van der Waals surface area contributed by atoms with E-state index >= 15 is 0 Å².